The van der Waals surface area contributed by atoms with E-state index in [1.165, 1.54) is 0 Å². The highest BCUT2D eigenvalue weighted by atomic mass is 32.2. The van der Waals surface area contributed by atoms with E-state index < -0.39 is 5.97 Å². The number of carbonyl (C=O) groups is 1. The number of aromatic nitrogens is 2. The van der Waals surface area contributed by atoms with Gasteiger partial charge in [0.2, 0.25) is 0 Å². The van der Waals surface area contributed by atoms with Gasteiger partial charge in [-0.2, -0.15) is 16.9 Å². The number of carboxylic acids is 1. The first-order chi connectivity index (χ1) is 6.68. The minimum Gasteiger partial charge on any atom is -0.476 e. The summed E-state index contributed by atoms with van der Waals surface area (Å²) in [4.78, 5) is 10.7. The van der Waals surface area contributed by atoms with Gasteiger partial charge in [0.15, 0.2) is 5.69 Å². The lowest BCUT2D eigenvalue weighted by Gasteiger charge is -2.07. The molecule has 0 saturated carbocycles. The topological polar surface area (TPSA) is 55.1 Å². The van der Waals surface area contributed by atoms with E-state index in [9.17, 15) is 4.79 Å². The molecule has 2 rings (SSSR count). The zero-order valence-electron chi connectivity index (χ0n) is 7.93. The van der Waals surface area contributed by atoms with Crippen LogP contribution in [0.15, 0.2) is 6.07 Å². The minimum absolute atomic E-state index is 0.152. The lowest BCUT2D eigenvalue weighted by molar-refractivity contribution is 0.0689. The van der Waals surface area contributed by atoms with Crippen molar-refractivity contribution >= 4 is 17.7 Å². The summed E-state index contributed by atoms with van der Waals surface area (Å²) in [7, 11) is 1.81. The first kappa shape index (κ1) is 9.58. The maximum Gasteiger partial charge on any atom is 0.356 e. The highest BCUT2D eigenvalue weighted by Gasteiger charge is 2.22. The van der Waals surface area contributed by atoms with Gasteiger partial charge in [-0.25, -0.2) is 4.79 Å². The monoisotopic (exact) mass is 212 g/mol. The number of aryl methyl sites for hydroxylation is 1. The number of hydrogen-bond acceptors (Lipinski definition) is 3. The van der Waals surface area contributed by atoms with Gasteiger partial charge in [0.05, 0.1) is 0 Å². The Labute approximate surface area is 86.3 Å². The molecule has 1 aromatic heterocycles. The van der Waals surface area contributed by atoms with Crippen molar-refractivity contribution in [1.82, 2.24) is 9.78 Å². The SMILES string of the molecule is Cn1nc(C(=O)O)cc1C1CCSC1. The fourth-order valence-electron chi connectivity index (χ4n) is 1.74. The van der Waals surface area contributed by atoms with Crippen LogP contribution in [0.5, 0.6) is 0 Å². The molecular formula is C9H12N2O2S. The van der Waals surface area contributed by atoms with Gasteiger partial charge in [0.1, 0.15) is 0 Å². The average molecular weight is 212 g/mol. The van der Waals surface area contributed by atoms with Crippen LogP contribution in [0.1, 0.15) is 28.5 Å². The van der Waals surface area contributed by atoms with Crippen molar-refractivity contribution < 1.29 is 9.90 Å². The largest absolute Gasteiger partial charge is 0.476 e. The van der Waals surface area contributed by atoms with E-state index in [1.807, 2.05) is 18.8 Å². The summed E-state index contributed by atoms with van der Waals surface area (Å²) in [6, 6.07) is 1.69. The summed E-state index contributed by atoms with van der Waals surface area (Å²) in [6.07, 6.45) is 1.13. The summed E-state index contributed by atoms with van der Waals surface area (Å²) in [5, 5.41) is 12.7. The van der Waals surface area contributed by atoms with Crippen LogP contribution in [0.2, 0.25) is 0 Å². The Balaban J connectivity index is 2.28. The van der Waals surface area contributed by atoms with Crippen molar-refractivity contribution in [3.8, 4) is 0 Å². The fourth-order valence-corrected chi connectivity index (χ4v) is 2.98. The fraction of sp³-hybridized carbons (Fsp3) is 0.556. The van der Waals surface area contributed by atoms with E-state index >= 15 is 0 Å². The number of nitrogens with zero attached hydrogens (tertiary/aromatic N) is 2. The third kappa shape index (κ3) is 1.64. The standard InChI is InChI=1S/C9H12N2O2S/c1-11-8(6-2-3-14-5-6)4-7(10-11)9(12)13/h4,6H,2-3,5H2,1H3,(H,12,13). The van der Waals surface area contributed by atoms with Gasteiger partial charge in [0, 0.05) is 24.4 Å². The van der Waals surface area contributed by atoms with Crippen molar-refractivity contribution in [3.05, 3.63) is 17.5 Å². The normalized spacial score (nSPS) is 21.4. The Morgan fingerprint density at radius 1 is 1.79 bits per heavy atom. The van der Waals surface area contributed by atoms with Crippen LogP contribution in [0, 0.1) is 0 Å². The Morgan fingerprint density at radius 2 is 2.57 bits per heavy atom. The second kappa shape index (κ2) is 3.65. The molecule has 2 heterocycles. The Morgan fingerprint density at radius 3 is 3.07 bits per heavy atom. The number of rotatable bonds is 2. The summed E-state index contributed by atoms with van der Waals surface area (Å²) in [5.41, 5.74) is 1.20. The molecule has 1 aromatic rings. The van der Waals surface area contributed by atoms with Crippen LogP contribution < -0.4 is 0 Å². The quantitative estimate of drug-likeness (QED) is 0.803. The predicted molar refractivity (Wildman–Crippen MR) is 54.9 cm³/mol. The van der Waals surface area contributed by atoms with E-state index in [4.69, 9.17) is 5.11 Å². The van der Waals surface area contributed by atoms with E-state index in [1.54, 1.807) is 10.7 Å². The maximum atomic E-state index is 10.7. The number of hydrogen-bond donors (Lipinski definition) is 1. The highest BCUT2D eigenvalue weighted by Crippen LogP contribution is 2.32. The molecule has 14 heavy (non-hydrogen) atoms. The Kier molecular flexibility index (Phi) is 2.50. The number of carboxylic acid groups (broad SMARTS) is 1. The molecule has 1 fully saturated rings. The molecule has 0 amide bonds. The summed E-state index contributed by atoms with van der Waals surface area (Å²) in [5.74, 6) is 1.78. The summed E-state index contributed by atoms with van der Waals surface area (Å²) in [6.45, 7) is 0. The molecule has 4 nitrogen and oxygen atoms in total. The van der Waals surface area contributed by atoms with E-state index in [2.05, 4.69) is 5.10 Å². The van der Waals surface area contributed by atoms with Gasteiger partial charge in [-0.05, 0) is 18.2 Å². The molecule has 0 aromatic carbocycles. The van der Waals surface area contributed by atoms with Crippen molar-refractivity contribution in [2.45, 2.75) is 12.3 Å². The van der Waals surface area contributed by atoms with Crippen molar-refractivity contribution in [2.75, 3.05) is 11.5 Å². The second-order valence-electron chi connectivity index (χ2n) is 3.44. The van der Waals surface area contributed by atoms with Gasteiger partial charge in [-0.3, -0.25) is 4.68 Å². The zero-order valence-corrected chi connectivity index (χ0v) is 8.75. The Hall–Kier alpha value is -0.970. The smallest absolute Gasteiger partial charge is 0.356 e. The van der Waals surface area contributed by atoms with Crippen LogP contribution >= 0.6 is 11.8 Å². The molecular weight excluding hydrogens is 200 g/mol. The summed E-state index contributed by atoms with van der Waals surface area (Å²) >= 11 is 1.91. The molecule has 1 aliphatic rings. The third-order valence-electron chi connectivity index (χ3n) is 2.48. The molecule has 0 aliphatic carbocycles. The van der Waals surface area contributed by atoms with Gasteiger partial charge >= 0.3 is 5.97 Å². The number of aromatic carboxylic acids is 1. The van der Waals surface area contributed by atoms with Crippen molar-refractivity contribution in [3.63, 3.8) is 0 Å². The van der Waals surface area contributed by atoms with E-state index in [0.29, 0.717) is 5.92 Å². The highest BCUT2D eigenvalue weighted by molar-refractivity contribution is 7.99. The average Bonchev–Trinajstić information content (AvgIpc) is 2.71. The molecule has 1 atom stereocenters. The van der Waals surface area contributed by atoms with E-state index in [0.717, 1.165) is 23.6 Å². The molecule has 1 aliphatic heterocycles. The number of thioether (sulfide) groups is 1. The van der Waals surface area contributed by atoms with Crippen LogP contribution in [0.3, 0.4) is 0 Å². The van der Waals surface area contributed by atoms with Gasteiger partial charge in [-0.1, -0.05) is 0 Å². The summed E-state index contributed by atoms with van der Waals surface area (Å²) < 4.78 is 1.69. The minimum atomic E-state index is -0.947. The lowest BCUT2D eigenvalue weighted by Crippen LogP contribution is -2.04. The lowest BCUT2D eigenvalue weighted by atomic mass is 10.1. The van der Waals surface area contributed by atoms with Crippen LogP contribution in [0.25, 0.3) is 0 Å². The first-order valence-electron chi connectivity index (χ1n) is 4.53. The first-order valence-corrected chi connectivity index (χ1v) is 5.69. The predicted octanol–water partition coefficient (Wildman–Crippen LogP) is 1.34. The molecule has 0 spiro atoms. The maximum absolute atomic E-state index is 10.7. The molecule has 1 saturated heterocycles. The van der Waals surface area contributed by atoms with Crippen LogP contribution in [0.4, 0.5) is 0 Å². The second-order valence-corrected chi connectivity index (χ2v) is 4.59. The third-order valence-corrected chi connectivity index (χ3v) is 3.65. The van der Waals surface area contributed by atoms with Crippen molar-refractivity contribution in [1.29, 1.82) is 0 Å². The zero-order chi connectivity index (χ0) is 10.1. The molecule has 1 N–H and O–H groups in total. The molecule has 0 bridgehead atoms. The Bertz CT molecular complexity index is 356. The molecule has 76 valence electrons. The van der Waals surface area contributed by atoms with Gasteiger partial charge in [0.25, 0.3) is 0 Å². The van der Waals surface area contributed by atoms with Crippen LogP contribution in [-0.4, -0.2) is 32.4 Å². The van der Waals surface area contributed by atoms with Crippen molar-refractivity contribution in [2.24, 2.45) is 7.05 Å². The van der Waals surface area contributed by atoms with Gasteiger partial charge in [-0.15, -0.1) is 0 Å². The molecule has 1 unspecified atom stereocenters. The van der Waals surface area contributed by atoms with Gasteiger partial charge < -0.3 is 5.11 Å². The van der Waals surface area contributed by atoms with Crippen LogP contribution in [-0.2, 0) is 7.05 Å². The molecule has 5 heteroatoms. The molecule has 0 radical (unpaired) electrons. The van der Waals surface area contributed by atoms with E-state index in [-0.39, 0.29) is 5.69 Å².